The number of benzene rings is 1. The van der Waals surface area contributed by atoms with E-state index >= 15 is 4.39 Å². The van der Waals surface area contributed by atoms with E-state index in [4.69, 9.17) is 10.5 Å². The third kappa shape index (κ3) is 4.21. The number of aromatic nitrogens is 3. The molecule has 5 rings (SSSR count). The fourth-order valence-corrected chi connectivity index (χ4v) is 4.58. The Morgan fingerprint density at radius 3 is 2.83 bits per heavy atom. The Morgan fingerprint density at radius 1 is 1.28 bits per heavy atom. The van der Waals surface area contributed by atoms with Gasteiger partial charge < -0.3 is 25.0 Å². The van der Waals surface area contributed by atoms with Crippen molar-refractivity contribution < 1.29 is 19.0 Å². The third-order valence-electron chi connectivity index (χ3n) is 6.41. The van der Waals surface area contributed by atoms with Crippen molar-refractivity contribution in [3.05, 3.63) is 82.2 Å². The number of rotatable bonds is 6. The first kappa shape index (κ1) is 23.3. The second kappa shape index (κ2) is 9.29. The molecule has 36 heavy (non-hydrogen) atoms. The molecule has 4 aromatic rings. The summed E-state index contributed by atoms with van der Waals surface area (Å²) in [5.41, 5.74) is 6.55. The van der Waals surface area contributed by atoms with Gasteiger partial charge in [-0.1, -0.05) is 6.07 Å². The molecule has 1 aliphatic heterocycles. The summed E-state index contributed by atoms with van der Waals surface area (Å²) in [5, 5.41) is 9.54. The molecule has 3 aromatic heterocycles. The van der Waals surface area contributed by atoms with Crippen molar-refractivity contribution in [2.75, 3.05) is 23.8 Å². The fraction of sp³-hybridized carbons (Fsp3) is 0.231. The first-order valence-electron chi connectivity index (χ1n) is 11.5. The van der Waals surface area contributed by atoms with Crippen LogP contribution in [0.2, 0.25) is 0 Å². The van der Waals surface area contributed by atoms with Crippen LogP contribution in [-0.2, 0) is 0 Å². The first-order valence-corrected chi connectivity index (χ1v) is 11.5. The van der Waals surface area contributed by atoms with Gasteiger partial charge in [-0.3, -0.25) is 4.79 Å². The third-order valence-corrected chi connectivity index (χ3v) is 6.41. The molecule has 10 heteroatoms. The SMILES string of the molecule is Cc1cccnc1OC[C@H]1CCCN1c1cc2c(cc1F)c(=O)c(C(=O)O)cn2-c1ccc(N)nc1. The predicted molar refractivity (Wildman–Crippen MR) is 134 cm³/mol. The zero-order valence-electron chi connectivity index (χ0n) is 19.5. The number of fused-ring (bicyclic) bond motifs is 1. The molecule has 3 N–H and O–H groups in total. The van der Waals surface area contributed by atoms with Gasteiger partial charge in [-0.05, 0) is 50.1 Å². The van der Waals surface area contributed by atoms with Crippen molar-refractivity contribution >= 4 is 28.4 Å². The number of ether oxygens (including phenoxy) is 1. The predicted octanol–water partition coefficient (Wildman–Crippen LogP) is 3.56. The summed E-state index contributed by atoms with van der Waals surface area (Å²) < 4.78 is 22.9. The number of aryl methyl sites for hydroxylation is 1. The Kier molecular flexibility index (Phi) is 6.01. The molecule has 1 fully saturated rings. The molecule has 9 nitrogen and oxygen atoms in total. The Labute approximate surface area is 205 Å². The smallest absolute Gasteiger partial charge is 0.341 e. The Bertz CT molecular complexity index is 1520. The first-order chi connectivity index (χ1) is 17.3. The quantitative estimate of drug-likeness (QED) is 0.421. The lowest BCUT2D eigenvalue weighted by Gasteiger charge is -2.28. The van der Waals surface area contributed by atoms with Gasteiger partial charge in [0.15, 0.2) is 0 Å². The largest absolute Gasteiger partial charge is 0.477 e. The summed E-state index contributed by atoms with van der Waals surface area (Å²) in [6.07, 6.45) is 6.01. The maximum atomic E-state index is 15.5. The number of nitrogen functional groups attached to an aromatic ring is 1. The molecule has 0 bridgehead atoms. The van der Waals surface area contributed by atoms with Crippen molar-refractivity contribution in [3.63, 3.8) is 0 Å². The summed E-state index contributed by atoms with van der Waals surface area (Å²) in [6, 6.07) is 9.56. The molecule has 0 aliphatic carbocycles. The summed E-state index contributed by atoms with van der Waals surface area (Å²) in [7, 11) is 0. The van der Waals surface area contributed by atoms with Crippen molar-refractivity contribution in [1.29, 1.82) is 0 Å². The van der Waals surface area contributed by atoms with Crippen molar-refractivity contribution in [1.82, 2.24) is 14.5 Å². The number of hydrogen-bond acceptors (Lipinski definition) is 7. The molecule has 1 atom stereocenters. The lowest BCUT2D eigenvalue weighted by atomic mass is 10.1. The van der Waals surface area contributed by atoms with Crippen LogP contribution in [-0.4, -0.2) is 44.8 Å². The fourth-order valence-electron chi connectivity index (χ4n) is 4.58. The van der Waals surface area contributed by atoms with Crippen LogP contribution >= 0.6 is 0 Å². The lowest BCUT2D eigenvalue weighted by Crippen LogP contribution is -2.35. The van der Waals surface area contributed by atoms with Crippen molar-refractivity contribution in [3.8, 4) is 11.6 Å². The van der Waals surface area contributed by atoms with Gasteiger partial charge in [-0.25, -0.2) is 19.2 Å². The molecule has 0 saturated carbocycles. The maximum absolute atomic E-state index is 15.5. The van der Waals surface area contributed by atoms with Crippen molar-refractivity contribution in [2.24, 2.45) is 0 Å². The van der Waals surface area contributed by atoms with Crippen LogP contribution < -0.4 is 20.8 Å². The molecular weight excluding hydrogens is 465 g/mol. The van der Waals surface area contributed by atoms with Crippen LogP contribution in [0.5, 0.6) is 5.88 Å². The average Bonchev–Trinajstić information content (AvgIpc) is 3.32. The number of carboxylic acid groups (broad SMARTS) is 1. The highest BCUT2D eigenvalue weighted by molar-refractivity contribution is 5.94. The van der Waals surface area contributed by atoms with Gasteiger partial charge >= 0.3 is 5.97 Å². The molecular formula is C26H24FN5O4. The zero-order valence-corrected chi connectivity index (χ0v) is 19.5. The van der Waals surface area contributed by atoms with Gasteiger partial charge in [-0.15, -0.1) is 0 Å². The molecule has 0 unspecified atom stereocenters. The number of anilines is 2. The van der Waals surface area contributed by atoms with Crippen LogP contribution in [0.15, 0.2) is 59.8 Å². The second-order valence-corrected chi connectivity index (χ2v) is 8.73. The maximum Gasteiger partial charge on any atom is 0.341 e. The van der Waals surface area contributed by atoms with Crippen molar-refractivity contribution in [2.45, 2.75) is 25.8 Å². The van der Waals surface area contributed by atoms with E-state index < -0.39 is 22.8 Å². The molecule has 0 radical (unpaired) electrons. The summed E-state index contributed by atoms with van der Waals surface area (Å²) in [4.78, 5) is 34.9. The van der Waals surface area contributed by atoms with E-state index in [-0.39, 0.29) is 17.2 Å². The summed E-state index contributed by atoms with van der Waals surface area (Å²) in [5.74, 6) is -1.18. The Morgan fingerprint density at radius 2 is 2.11 bits per heavy atom. The summed E-state index contributed by atoms with van der Waals surface area (Å²) in [6.45, 7) is 2.84. The van der Waals surface area contributed by atoms with Crippen LogP contribution in [0.4, 0.5) is 15.9 Å². The van der Waals surface area contributed by atoms with Gasteiger partial charge in [0.1, 0.15) is 23.8 Å². The molecule has 184 valence electrons. The van der Waals surface area contributed by atoms with E-state index in [1.54, 1.807) is 24.4 Å². The number of nitrogens with two attached hydrogens (primary N) is 1. The van der Waals surface area contributed by atoms with E-state index in [1.165, 1.54) is 17.0 Å². The minimum atomic E-state index is -1.40. The van der Waals surface area contributed by atoms with Crippen LogP contribution in [0.25, 0.3) is 16.6 Å². The highest BCUT2D eigenvalue weighted by Crippen LogP contribution is 2.32. The standard InChI is InChI=1S/C26H24FN5O4/c1-15-4-2-8-29-25(15)36-14-17-5-3-9-31(17)22-11-21-18(10-20(22)27)24(33)19(26(34)35)13-32(21)16-6-7-23(28)30-12-16/h2,4,6-8,10-13,17H,3,5,9,14H2,1H3,(H2,28,30)(H,34,35)/t17-/m1/s1. The molecule has 1 aliphatic rings. The number of aromatic carboxylic acids is 1. The van der Waals surface area contributed by atoms with Crippen LogP contribution in [0.3, 0.4) is 0 Å². The highest BCUT2D eigenvalue weighted by Gasteiger charge is 2.29. The van der Waals surface area contributed by atoms with Gasteiger partial charge in [-0.2, -0.15) is 0 Å². The monoisotopic (exact) mass is 489 g/mol. The van der Waals surface area contributed by atoms with E-state index in [9.17, 15) is 14.7 Å². The average molecular weight is 490 g/mol. The van der Waals surface area contributed by atoms with E-state index in [0.29, 0.717) is 35.9 Å². The van der Waals surface area contributed by atoms with Crippen LogP contribution in [0, 0.1) is 12.7 Å². The van der Waals surface area contributed by atoms with Gasteiger partial charge in [0, 0.05) is 29.9 Å². The number of pyridine rings is 3. The zero-order chi connectivity index (χ0) is 25.4. The second-order valence-electron chi connectivity index (χ2n) is 8.73. The van der Waals surface area contributed by atoms with E-state index in [1.807, 2.05) is 24.0 Å². The van der Waals surface area contributed by atoms with Gasteiger partial charge in [0.05, 0.1) is 29.1 Å². The Balaban J connectivity index is 1.59. The summed E-state index contributed by atoms with van der Waals surface area (Å²) >= 11 is 0. The molecule has 0 amide bonds. The topological polar surface area (TPSA) is 124 Å². The normalized spacial score (nSPS) is 15.4. The van der Waals surface area contributed by atoms with E-state index in [0.717, 1.165) is 24.5 Å². The number of carboxylic acids is 1. The Hall–Kier alpha value is -4.47. The van der Waals surface area contributed by atoms with Gasteiger partial charge in [0.25, 0.3) is 0 Å². The minimum Gasteiger partial charge on any atom is -0.477 e. The van der Waals surface area contributed by atoms with Crippen LogP contribution in [0.1, 0.15) is 28.8 Å². The minimum absolute atomic E-state index is 0.0379. The molecule has 1 aromatic carbocycles. The molecule has 1 saturated heterocycles. The highest BCUT2D eigenvalue weighted by atomic mass is 19.1. The van der Waals surface area contributed by atoms with E-state index in [2.05, 4.69) is 9.97 Å². The number of halogens is 1. The number of nitrogens with zero attached hydrogens (tertiary/aromatic N) is 4. The lowest BCUT2D eigenvalue weighted by molar-refractivity contribution is 0.0695. The molecule has 4 heterocycles. The van der Waals surface area contributed by atoms with Gasteiger partial charge in [0.2, 0.25) is 11.3 Å². The number of hydrogen-bond donors (Lipinski definition) is 2. The number of carbonyl (C=O) groups is 1. The molecule has 0 spiro atoms.